The molecule has 0 bridgehead atoms. The standard InChI is InChI=1S/C53H75N9O12/c1-12-13-24-37(56-43(65)39(29-35-22-18-15-19-23-35)57-42(64)38(59-47(68)72-50(2,3)4)26-25-34-20-16-14-17-21-34)41(63)58-40(30-36-31-54-46(55-32-36)60-48(69)73-51(5,6)7)44(66)62-28-27-53(33-62,45(67)71-11)61-49(70)74-52(8,9)10/h14-23,31-32,37-40H,12-13,24-30,33H2,1-11H3,(H,56,65)(H,57,64)(H,58,63)(H,59,68)(H,61,70)(H,54,55,60,69)/t37-,38-,39-,40-,53?/m1/s1. The highest BCUT2D eigenvalue weighted by molar-refractivity contribution is 5.96. The number of carbonyl (C=O) groups excluding carboxylic acids is 8. The van der Waals surface area contributed by atoms with E-state index in [2.05, 4.69) is 41.9 Å². The number of likely N-dealkylation sites (tertiary alicyclic amines) is 1. The minimum absolute atomic E-state index is 0.00645. The van der Waals surface area contributed by atoms with Gasteiger partial charge in [0.1, 0.15) is 41.0 Å². The number of benzene rings is 2. The van der Waals surface area contributed by atoms with E-state index in [0.29, 0.717) is 30.4 Å². The summed E-state index contributed by atoms with van der Waals surface area (Å²) in [4.78, 5) is 120. The summed E-state index contributed by atoms with van der Waals surface area (Å²) < 4.78 is 21.3. The van der Waals surface area contributed by atoms with E-state index in [4.69, 9.17) is 18.9 Å². The van der Waals surface area contributed by atoms with Gasteiger partial charge >= 0.3 is 24.2 Å². The molecular formula is C53H75N9O12. The average Bonchev–Trinajstić information content (AvgIpc) is 3.74. The van der Waals surface area contributed by atoms with Gasteiger partial charge in [0, 0.05) is 38.2 Å². The van der Waals surface area contributed by atoms with Crippen molar-refractivity contribution >= 4 is 53.8 Å². The minimum atomic E-state index is -1.70. The lowest BCUT2D eigenvalue weighted by molar-refractivity contribution is -0.148. The molecule has 74 heavy (non-hydrogen) atoms. The lowest BCUT2D eigenvalue weighted by atomic mass is 9.99. The molecule has 2 heterocycles. The number of nitrogens with one attached hydrogen (secondary N) is 6. The van der Waals surface area contributed by atoms with Crippen molar-refractivity contribution in [3.05, 3.63) is 89.7 Å². The zero-order valence-electron chi connectivity index (χ0n) is 44.5. The largest absolute Gasteiger partial charge is 0.467 e. The van der Waals surface area contributed by atoms with Gasteiger partial charge in [0.25, 0.3) is 0 Å². The number of anilines is 1. The normalized spacial score (nSPS) is 16.2. The summed E-state index contributed by atoms with van der Waals surface area (Å²) in [6, 6.07) is 13.4. The van der Waals surface area contributed by atoms with Gasteiger partial charge in [-0.15, -0.1) is 0 Å². The molecule has 1 aromatic heterocycles. The third kappa shape index (κ3) is 19.9. The van der Waals surface area contributed by atoms with Crippen molar-refractivity contribution in [2.45, 2.75) is 167 Å². The Morgan fingerprint density at radius 3 is 1.65 bits per heavy atom. The first-order valence-corrected chi connectivity index (χ1v) is 24.9. The molecule has 1 aliphatic rings. The maximum atomic E-state index is 14.7. The molecule has 3 aromatic rings. The predicted molar refractivity (Wildman–Crippen MR) is 274 cm³/mol. The number of aromatic nitrogens is 2. The van der Waals surface area contributed by atoms with E-state index >= 15 is 0 Å². The number of hydrogen-bond acceptors (Lipinski definition) is 14. The van der Waals surface area contributed by atoms with Gasteiger partial charge in [-0.3, -0.25) is 24.5 Å². The molecule has 7 amide bonds. The molecule has 0 spiro atoms. The van der Waals surface area contributed by atoms with Gasteiger partial charge in [-0.05, 0) is 98.3 Å². The van der Waals surface area contributed by atoms with Crippen LogP contribution in [0.15, 0.2) is 73.1 Å². The number of aryl methyl sites for hydroxylation is 1. The minimum Gasteiger partial charge on any atom is -0.467 e. The van der Waals surface area contributed by atoms with Crippen molar-refractivity contribution < 1.29 is 57.3 Å². The van der Waals surface area contributed by atoms with E-state index in [9.17, 15) is 38.4 Å². The summed E-state index contributed by atoms with van der Waals surface area (Å²) in [5.41, 5.74) is -2.30. The van der Waals surface area contributed by atoms with Gasteiger partial charge in [0.15, 0.2) is 5.54 Å². The number of nitrogens with zero attached hydrogens (tertiary/aromatic N) is 3. The molecule has 1 unspecified atom stereocenters. The molecule has 6 N–H and O–H groups in total. The van der Waals surface area contributed by atoms with Crippen molar-refractivity contribution in [2.24, 2.45) is 0 Å². The zero-order chi connectivity index (χ0) is 54.9. The fourth-order valence-corrected chi connectivity index (χ4v) is 7.82. The fourth-order valence-electron chi connectivity index (χ4n) is 7.82. The van der Waals surface area contributed by atoms with Crippen LogP contribution in [0.4, 0.5) is 20.3 Å². The monoisotopic (exact) mass is 1030 g/mol. The molecule has 4 rings (SSSR count). The number of methoxy groups -OCH3 is 1. The van der Waals surface area contributed by atoms with Crippen LogP contribution in [0.3, 0.4) is 0 Å². The van der Waals surface area contributed by atoms with Crippen molar-refractivity contribution in [3.8, 4) is 0 Å². The molecule has 2 aromatic carbocycles. The molecule has 0 radical (unpaired) electrons. The number of ether oxygens (including phenoxy) is 4. The van der Waals surface area contributed by atoms with E-state index < -0.39 is 94.4 Å². The van der Waals surface area contributed by atoms with Crippen molar-refractivity contribution in [2.75, 3.05) is 25.5 Å². The number of rotatable bonds is 21. The number of unbranched alkanes of at least 4 members (excludes halogenated alkanes) is 1. The molecular weight excluding hydrogens is 955 g/mol. The first kappa shape index (κ1) is 59.2. The van der Waals surface area contributed by atoms with E-state index in [1.165, 1.54) is 17.3 Å². The third-order valence-electron chi connectivity index (χ3n) is 11.2. The lowest BCUT2D eigenvalue weighted by Gasteiger charge is -2.31. The average molecular weight is 1030 g/mol. The second-order valence-corrected chi connectivity index (χ2v) is 21.2. The van der Waals surface area contributed by atoms with Gasteiger partial charge in [0.05, 0.1) is 13.7 Å². The summed E-state index contributed by atoms with van der Waals surface area (Å²) in [6.07, 6.45) is 1.75. The number of carbonyl (C=O) groups is 8. The number of amides is 7. The van der Waals surface area contributed by atoms with Crippen LogP contribution < -0.4 is 31.9 Å². The number of esters is 1. The Balaban J connectivity index is 1.66. The van der Waals surface area contributed by atoms with Gasteiger partial charge in [-0.2, -0.15) is 0 Å². The first-order chi connectivity index (χ1) is 34.7. The fraction of sp³-hybridized carbons (Fsp3) is 0.547. The highest BCUT2D eigenvalue weighted by Crippen LogP contribution is 2.26. The van der Waals surface area contributed by atoms with Crippen LogP contribution in [0.25, 0.3) is 0 Å². The Morgan fingerprint density at radius 2 is 1.09 bits per heavy atom. The predicted octanol–water partition coefficient (Wildman–Crippen LogP) is 5.45. The van der Waals surface area contributed by atoms with Gasteiger partial charge < -0.3 is 50.4 Å². The van der Waals surface area contributed by atoms with E-state index in [0.717, 1.165) is 12.7 Å². The lowest BCUT2D eigenvalue weighted by Crippen LogP contribution is -2.60. The quantitative estimate of drug-likeness (QED) is 0.0572. The molecule has 0 aliphatic carbocycles. The Bertz CT molecular complexity index is 2390. The van der Waals surface area contributed by atoms with Crippen molar-refractivity contribution in [3.63, 3.8) is 0 Å². The van der Waals surface area contributed by atoms with Crippen molar-refractivity contribution in [1.82, 2.24) is 41.5 Å². The van der Waals surface area contributed by atoms with Gasteiger partial charge in [0.2, 0.25) is 29.6 Å². The summed E-state index contributed by atoms with van der Waals surface area (Å²) >= 11 is 0. The zero-order valence-corrected chi connectivity index (χ0v) is 44.5. The van der Waals surface area contributed by atoms with E-state index in [1.54, 1.807) is 92.6 Å². The van der Waals surface area contributed by atoms with Crippen LogP contribution in [0, 0.1) is 0 Å². The summed E-state index contributed by atoms with van der Waals surface area (Å²) in [5.74, 6) is -3.67. The maximum Gasteiger partial charge on any atom is 0.414 e. The Labute approximate surface area is 433 Å². The highest BCUT2D eigenvalue weighted by Gasteiger charge is 2.50. The molecule has 1 fully saturated rings. The molecule has 1 aliphatic heterocycles. The molecule has 21 heteroatoms. The van der Waals surface area contributed by atoms with Crippen LogP contribution >= 0.6 is 0 Å². The van der Waals surface area contributed by atoms with Crippen LogP contribution in [0.5, 0.6) is 0 Å². The van der Waals surface area contributed by atoms with E-state index in [1.807, 2.05) is 37.3 Å². The first-order valence-electron chi connectivity index (χ1n) is 24.9. The van der Waals surface area contributed by atoms with Crippen LogP contribution in [-0.2, 0) is 62.2 Å². The van der Waals surface area contributed by atoms with Crippen molar-refractivity contribution in [1.29, 1.82) is 0 Å². The molecule has 21 nitrogen and oxygen atoms in total. The second-order valence-electron chi connectivity index (χ2n) is 21.2. The SMILES string of the molecule is CCCC[C@@H](NC(=O)[C@@H](Cc1ccccc1)NC(=O)[C@@H](CCc1ccccc1)NC(=O)OC(C)(C)C)C(=O)N[C@H](Cc1cnc(NC(=O)OC(C)(C)C)nc1)C(=O)N1CCC(NC(=O)OC(C)(C)C)(C(=O)OC)C1. The Morgan fingerprint density at radius 1 is 0.608 bits per heavy atom. The molecule has 1 saturated heterocycles. The highest BCUT2D eigenvalue weighted by atomic mass is 16.6. The smallest absolute Gasteiger partial charge is 0.414 e. The van der Waals surface area contributed by atoms with Crippen LogP contribution in [-0.4, -0.2) is 129 Å². The van der Waals surface area contributed by atoms with E-state index in [-0.39, 0.29) is 51.1 Å². The third-order valence-corrected chi connectivity index (χ3v) is 11.2. The Kier molecular flexibility index (Phi) is 21.3. The number of hydrogen-bond donors (Lipinski definition) is 6. The molecule has 404 valence electrons. The number of alkyl carbamates (subject to hydrolysis) is 2. The van der Waals surface area contributed by atoms with Gasteiger partial charge in [-0.1, -0.05) is 80.4 Å². The maximum absolute atomic E-state index is 14.7. The topological polar surface area (TPSA) is 275 Å². The summed E-state index contributed by atoms with van der Waals surface area (Å²) in [5, 5.41) is 16.2. The Hall–Kier alpha value is -7.32. The molecule has 5 atom stereocenters. The summed E-state index contributed by atoms with van der Waals surface area (Å²) in [6.45, 7) is 16.7. The van der Waals surface area contributed by atoms with Crippen LogP contribution in [0.1, 0.15) is 118 Å². The second kappa shape index (κ2) is 26.6. The van der Waals surface area contributed by atoms with Gasteiger partial charge in [-0.25, -0.2) is 29.1 Å². The molecule has 0 saturated carbocycles. The van der Waals surface area contributed by atoms with Crippen LogP contribution in [0.2, 0.25) is 0 Å². The summed E-state index contributed by atoms with van der Waals surface area (Å²) in [7, 11) is 1.15.